The first-order chi connectivity index (χ1) is 10.6. The Bertz CT molecular complexity index is 674. The number of nitrogens with one attached hydrogen (secondary N) is 1. The molecule has 1 aromatic carbocycles. The Morgan fingerprint density at radius 1 is 1.45 bits per heavy atom. The number of imidazole rings is 1. The van der Waals surface area contributed by atoms with E-state index >= 15 is 0 Å². The minimum Gasteiger partial charge on any atom is -0.508 e. The van der Waals surface area contributed by atoms with Crippen LogP contribution in [0.5, 0.6) is 5.75 Å². The predicted octanol–water partition coefficient (Wildman–Crippen LogP) is 2.21. The lowest BCUT2D eigenvalue weighted by molar-refractivity contribution is -0.147. The highest BCUT2D eigenvalue weighted by Crippen LogP contribution is 2.27. The number of carbonyl (C=O) groups excluding carboxylic acids is 1. The van der Waals surface area contributed by atoms with Gasteiger partial charge >= 0.3 is 5.97 Å². The smallest absolute Gasteiger partial charge is 0.308 e. The van der Waals surface area contributed by atoms with E-state index in [0.717, 1.165) is 42.8 Å². The number of esters is 1. The van der Waals surface area contributed by atoms with Gasteiger partial charge in [-0.05, 0) is 45.0 Å². The highest BCUT2D eigenvalue weighted by Gasteiger charge is 2.29. The van der Waals surface area contributed by atoms with Crippen LogP contribution in [0.3, 0.4) is 0 Å². The molecule has 2 aromatic rings. The molecule has 6 nitrogen and oxygen atoms in total. The fourth-order valence-corrected chi connectivity index (χ4v) is 3.08. The summed E-state index contributed by atoms with van der Waals surface area (Å²) < 4.78 is 4.82. The van der Waals surface area contributed by atoms with Gasteiger partial charge in [0.25, 0.3) is 0 Å². The lowest BCUT2D eigenvalue weighted by Crippen LogP contribution is -2.38. The number of ether oxygens (including phenoxy) is 1. The van der Waals surface area contributed by atoms with Crippen LogP contribution >= 0.6 is 0 Å². The third kappa shape index (κ3) is 2.78. The number of methoxy groups -OCH3 is 1. The van der Waals surface area contributed by atoms with E-state index in [4.69, 9.17) is 4.74 Å². The number of hydrogen-bond donors (Lipinski definition) is 2. The van der Waals surface area contributed by atoms with Crippen molar-refractivity contribution in [3.05, 3.63) is 24.0 Å². The molecule has 1 unspecified atom stereocenters. The van der Waals surface area contributed by atoms with Gasteiger partial charge in [0.2, 0.25) is 0 Å². The summed E-state index contributed by atoms with van der Waals surface area (Å²) in [5.74, 6) is 1.03. The van der Waals surface area contributed by atoms with Gasteiger partial charge in [-0.1, -0.05) is 0 Å². The van der Waals surface area contributed by atoms with E-state index in [-0.39, 0.29) is 23.7 Å². The van der Waals surface area contributed by atoms with Crippen LogP contribution in [0.25, 0.3) is 11.0 Å². The molecule has 1 saturated heterocycles. The van der Waals surface area contributed by atoms with Gasteiger partial charge in [0.1, 0.15) is 11.6 Å². The highest BCUT2D eigenvalue weighted by atomic mass is 16.5. The Balaban J connectivity index is 1.71. The van der Waals surface area contributed by atoms with Gasteiger partial charge in [0.15, 0.2) is 0 Å². The van der Waals surface area contributed by atoms with Gasteiger partial charge in [-0.15, -0.1) is 0 Å². The van der Waals surface area contributed by atoms with Crippen LogP contribution in [0, 0.1) is 5.92 Å². The van der Waals surface area contributed by atoms with Crippen molar-refractivity contribution < 1.29 is 14.6 Å². The first kappa shape index (κ1) is 14.8. The van der Waals surface area contributed by atoms with Gasteiger partial charge in [0, 0.05) is 6.07 Å². The maximum absolute atomic E-state index is 11.6. The molecular formula is C16H21N3O3. The molecule has 0 saturated carbocycles. The lowest BCUT2D eigenvalue weighted by atomic mass is 9.96. The SMILES string of the molecule is COC(=O)C1CCN(C(C)c2nc3ccc(O)cc3[nH]2)CC1. The van der Waals surface area contributed by atoms with Crippen LogP contribution in [0.15, 0.2) is 18.2 Å². The van der Waals surface area contributed by atoms with E-state index in [0.29, 0.717) is 0 Å². The van der Waals surface area contributed by atoms with Gasteiger partial charge in [-0.2, -0.15) is 0 Å². The number of benzene rings is 1. The van der Waals surface area contributed by atoms with Crippen molar-refractivity contribution >= 4 is 17.0 Å². The second-order valence-electron chi connectivity index (χ2n) is 5.83. The minimum atomic E-state index is -0.105. The van der Waals surface area contributed by atoms with Crippen LogP contribution in [0.2, 0.25) is 0 Å². The summed E-state index contributed by atoms with van der Waals surface area (Å²) in [5, 5.41) is 9.53. The van der Waals surface area contributed by atoms with Crippen molar-refractivity contribution in [1.29, 1.82) is 0 Å². The number of H-pyrrole nitrogens is 1. The van der Waals surface area contributed by atoms with Crippen molar-refractivity contribution in [2.45, 2.75) is 25.8 Å². The van der Waals surface area contributed by atoms with Gasteiger partial charge in [-0.25, -0.2) is 4.98 Å². The van der Waals surface area contributed by atoms with Gasteiger partial charge < -0.3 is 14.8 Å². The summed E-state index contributed by atoms with van der Waals surface area (Å²) >= 11 is 0. The van der Waals surface area contributed by atoms with Crippen molar-refractivity contribution in [3.63, 3.8) is 0 Å². The van der Waals surface area contributed by atoms with Crippen molar-refractivity contribution in [2.24, 2.45) is 5.92 Å². The molecular weight excluding hydrogens is 282 g/mol. The number of fused-ring (bicyclic) bond motifs is 1. The standard InChI is InChI=1S/C16H21N3O3/c1-10(19-7-5-11(6-8-19)16(21)22-2)15-17-13-4-3-12(20)9-14(13)18-15/h3-4,9-11,20H,5-8H2,1-2H3,(H,17,18). The van der Waals surface area contributed by atoms with Gasteiger partial charge in [0.05, 0.1) is 30.1 Å². The molecule has 22 heavy (non-hydrogen) atoms. The Morgan fingerprint density at radius 2 is 2.18 bits per heavy atom. The second kappa shape index (κ2) is 5.96. The Labute approximate surface area is 129 Å². The number of nitrogens with zero attached hydrogens (tertiary/aromatic N) is 2. The quantitative estimate of drug-likeness (QED) is 0.850. The number of carbonyl (C=O) groups is 1. The zero-order chi connectivity index (χ0) is 15.7. The number of likely N-dealkylation sites (tertiary alicyclic amines) is 1. The van der Waals surface area contributed by atoms with Crippen molar-refractivity contribution in [1.82, 2.24) is 14.9 Å². The Kier molecular flexibility index (Phi) is 4.02. The van der Waals surface area contributed by atoms with Crippen LogP contribution in [0.4, 0.5) is 0 Å². The number of aromatic amines is 1. The molecule has 2 N–H and O–H groups in total. The molecule has 0 amide bonds. The molecule has 2 heterocycles. The fraction of sp³-hybridized carbons (Fsp3) is 0.500. The third-order valence-corrected chi connectivity index (χ3v) is 4.49. The summed E-state index contributed by atoms with van der Waals surface area (Å²) in [4.78, 5) is 21.8. The molecule has 1 fully saturated rings. The topological polar surface area (TPSA) is 78.4 Å². The maximum Gasteiger partial charge on any atom is 0.308 e. The molecule has 0 aliphatic carbocycles. The molecule has 0 radical (unpaired) electrons. The van der Waals surface area contributed by atoms with E-state index in [1.807, 2.05) is 0 Å². The van der Waals surface area contributed by atoms with Crippen LogP contribution in [-0.4, -0.2) is 46.1 Å². The maximum atomic E-state index is 11.6. The predicted molar refractivity (Wildman–Crippen MR) is 82.5 cm³/mol. The summed E-state index contributed by atoms with van der Waals surface area (Å²) in [5.41, 5.74) is 1.69. The molecule has 6 heteroatoms. The Hall–Kier alpha value is -2.08. The summed E-state index contributed by atoms with van der Waals surface area (Å²) in [6.45, 7) is 3.81. The molecule has 3 rings (SSSR count). The van der Waals surface area contributed by atoms with Crippen LogP contribution in [0.1, 0.15) is 31.6 Å². The zero-order valence-corrected chi connectivity index (χ0v) is 12.9. The van der Waals surface area contributed by atoms with Gasteiger partial charge in [-0.3, -0.25) is 9.69 Å². The fourth-order valence-electron chi connectivity index (χ4n) is 3.08. The van der Waals surface area contributed by atoms with E-state index in [9.17, 15) is 9.90 Å². The molecule has 1 aromatic heterocycles. The molecule has 1 aliphatic rings. The first-order valence-corrected chi connectivity index (χ1v) is 7.59. The normalized spacial score (nSPS) is 18.5. The average Bonchev–Trinajstić information content (AvgIpc) is 2.96. The molecule has 0 bridgehead atoms. The van der Waals surface area contributed by atoms with E-state index < -0.39 is 0 Å². The average molecular weight is 303 g/mol. The largest absolute Gasteiger partial charge is 0.508 e. The van der Waals surface area contributed by atoms with Crippen molar-refractivity contribution in [3.8, 4) is 5.75 Å². The Morgan fingerprint density at radius 3 is 2.86 bits per heavy atom. The molecule has 118 valence electrons. The van der Waals surface area contributed by atoms with Crippen LogP contribution in [-0.2, 0) is 9.53 Å². The second-order valence-corrected chi connectivity index (χ2v) is 5.83. The molecule has 1 aliphatic heterocycles. The van der Waals surface area contributed by atoms with E-state index in [2.05, 4.69) is 21.8 Å². The summed E-state index contributed by atoms with van der Waals surface area (Å²) in [7, 11) is 1.45. The minimum absolute atomic E-state index is 0.0149. The number of aromatic hydroxyl groups is 1. The van der Waals surface area contributed by atoms with Crippen LogP contribution < -0.4 is 0 Å². The number of phenols is 1. The zero-order valence-electron chi connectivity index (χ0n) is 12.9. The number of rotatable bonds is 3. The number of hydrogen-bond acceptors (Lipinski definition) is 5. The first-order valence-electron chi connectivity index (χ1n) is 7.59. The molecule has 1 atom stereocenters. The summed E-state index contributed by atoms with van der Waals surface area (Å²) in [6.07, 6.45) is 1.63. The number of phenolic OH excluding ortho intramolecular Hbond substituents is 1. The third-order valence-electron chi connectivity index (χ3n) is 4.49. The monoisotopic (exact) mass is 303 g/mol. The van der Waals surface area contributed by atoms with Crippen molar-refractivity contribution in [2.75, 3.05) is 20.2 Å². The lowest BCUT2D eigenvalue weighted by Gasteiger charge is -2.34. The van der Waals surface area contributed by atoms with E-state index in [1.165, 1.54) is 7.11 Å². The molecule has 0 spiro atoms. The van der Waals surface area contributed by atoms with E-state index in [1.54, 1.807) is 18.2 Å². The number of piperidine rings is 1. The number of aromatic nitrogens is 2. The summed E-state index contributed by atoms with van der Waals surface area (Å²) in [6, 6.07) is 5.27. The highest BCUT2D eigenvalue weighted by molar-refractivity contribution is 5.76.